The maximum atomic E-state index is 12.0. The summed E-state index contributed by atoms with van der Waals surface area (Å²) in [5, 5.41) is 10.2. The van der Waals surface area contributed by atoms with Crippen molar-refractivity contribution in [3.63, 3.8) is 0 Å². The quantitative estimate of drug-likeness (QED) is 0.861. The van der Waals surface area contributed by atoms with Gasteiger partial charge in [-0.2, -0.15) is 5.26 Å². The Hall–Kier alpha value is -1.99. The summed E-state index contributed by atoms with van der Waals surface area (Å²) in [7, 11) is 1.71. The van der Waals surface area contributed by atoms with Gasteiger partial charge in [-0.05, 0) is 24.3 Å². The van der Waals surface area contributed by atoms with Gasteiger partial charge < -0.3 is 9.47 Å². The summed E-state index contributed by atoms with van der Waals surface area (Å²) < 4.78 is 1.89. The van der Waals surface area contributed by atoms with E-state index in [0.29, 0.717) is 18.0 Å². The van der Waals surface area contributed by atoms with Crippen molar-refractivity contribution in [3.8, 4) is 6.07 Å². The number of carbonyl (C=O) groups excluding carboxylic acids is 1. The summed E-state index contributed by atoms with van der Waals surface area (Å²) >= 11 is 5.93. The van der Waals surface area contributed by atoms with Crippen LogP contribution in [-0.2, 0) is 11.3 Å². The van der Waals surface area contributed by atoms with Crippen LogP contribution in [0.4, 0.5) is 0 Å². The summed E-state index contributed by atoms with van der Waals surface area (Å²) in [6.07, 6.45) is 2.22. The number of nitrogens with zero attached hydrogens (tertiary/aromatic N) is 3. The van der Waals surface area contributed by atoms with Gasteiger partial charge in [-0.1, -0.05) is 11.6 Å². The van der Waals surface area contributed by atoms with E-state index >= 15 is 0 Å². The molecule has 0 atom stereocenters. The van der Waals surface area contributed by atoms with Gasteiger partial charge >= 0.3 is 0 Å². The highest BCUT2D eigenvalue weighted by Crippen LogP contribution is 2.20. The highest BCUT2D eigenvalue weighted by molar-refractivity contribution is 6.31. The zero-order chi connectivity index (χ0) is 13.8. The molecule has 5 heteroatoms. The molecule has 0 fully saturated rings. The number of benzene rings is 1. The van der Waals surface area contributed by atoms with Crippen LogP contribution < -0.4 is 0 Å². The zero-order valence-electron chi connectivity index (χ0n) is 10.6. The van der Waals surface area contributed by atoms with Gasteiger partial charge in [0.2, 0.25) is 5.91 Å². The van der Waals surface area contributed by atoms with Gasteiger partial charge in [0.05, 0.1) is 12.5 Å². The Morgan fingerprint density at radius 2 is 2.26 bits per heavy atom. The van der Waals surface area contributed by atoms with Crippen LogP contribution in [0.25, 0.3) is 10.9 Å². The van der Waals surface area contributed by atoms with Crippen molar-refractivity contribution in [2.24, 2.45) is 0 Å². The van der Waals surface area contributed by atoms with Crippen LogP contribution in [0.1, 0.15) is 6.42 Å². The number of fused-ring (bicyclic) bond motifs is 1. The fourth-order valence-electron chi connectivity index (χ4n) is 1.92. The fraction of sp³-hybridized carbons (Fsp3) is 0.286. The van der Waals surface area contributed by atoms with Crippen LogP contribution in [0.2, 0.25) is 5.02 Å². The van der Waals surface area contributed by atoms with Gasteiger partial charge in [0.25, 0.3) is 0 Å². The van der Waals surface area contributed by atoms with Crippen molar-refractivity contribution < 1.29 is 4.79 Å². The zero-order valence-corrected chi connectivity index (χ0v) is 11.4. The topological polar surface area (TPSA) is 49.0 Å². The third-order valence-electron chi connectivity index (χ3n) is 3.02. The second-order valence-corrected chi connectivity index (χ2v) is 4.81. The van der Waals surface area contributed by atoms with Crippen molar-refractivity contribution in [2.75, 3.05) is 13.6 Å². The van der Waals surface area contributed by atoms with E-state index in [0.717, 1.165) is 10.9 Å². The Morgan fingerprint density at radius 3 is 3.00 bits per heavy atom. The van der Waals surface area contributed by atoms with Crippen LogP contribution in [0.3, 0.4) is 0 Å². The van der Waals surface area contributed by atoms with Crippen molar-refractivity contribution in [1.29, 1.82) is 5.26 Å². The molecule has 0 spiro atoms. The van der Waals surface area contributed by atoms with E-state index in [1.807, 2.05) is 41.1 Å². The fourth-order valence-corrected chi connectivity index (χ4v) is 2.10. The number of nitriles is 1. The Balaban J connectivity index is 2.13. The number of rotatable bonds is 4. The van der Waals surface area contributed by atoms with Crippen LogP contribution in [0.15, 0.2) is 30.5 Å². The molecular formula is C14H14ClN3O. The van der Waals surface area contributed by atoms with E-state index in [1.165, 1.54) is 0 Å². The highest BCUT2D eigenvalue weighted by atomic mass is 35.5. The maximum absolute atomic E-state index is 12.0. The lowest BCUT2D eigenvalue weighted by Crippen LogP contribution is -2.30. The van der Waals surface area contributed by atoms with Crippen molar-refractivity contribution in [1.82, 2.24) is 9.47 Å². The predicted octanol–water partition coefficient (Wildman–Crippen LogP) is 2.67. The average molecular weight is 276 g/mol. The van der Waals surface area contributed by atoms with Gasteiger partial charge in [0.15, 0.2) is 0 Å². The van der Waals surface area contributed by atoms with Gasteiger partial charge in [0, 0.05) is 35.7 Å². The molecule has 1 aromatic heterocycles. The molecule has 0 bridgehead atoms. The van der Waals surface area contributed by atoms with E-state index in [4.69, 9.17) is 16.9 Å². The molecule has 0 aliphatic heterocycles. The lowest BCUT2D eigenvalue weighted by atomic mass is 10.2. The number of amides is 1. The van der Waals surface area contributed by atoms with E-state index < -0.39 is 0 Å². The molecule has 2 rings (SSSR count). The average Bonchev–Trinajstić information content (AvgIpc) is 2.78. The Morgan fingerprint density at radius 1 is 1.47 bits per heavy atom. The second-order valence-electron chi connectivity index (χ2n) is 4.37. The summed E-state index contributed by atoms with van der Waals surface area (Å²) in [5.41, 5.74) is 0.978. The number of carbonyl (C=O) groups is 1. The Kier molecular flexibility index (Phi) is 4.08. The van der Waals surface area contributed by atoms with E-state index in [1.54, 1.807) is 11.9 Å². The van der Waals surface area contributed by atoms with Crippen molar-refractivity contribution >= 4 is 28.4 Å². The summed E-state index contributed by atoms with van der Waals surface area (Å²) in [4.78, 5) is 13.6. The minimum atomic E-state index is -0.0114. The van der Waals surface area contributed by atoms with Gasteiger partial charge in [0.1, 0.15) is 6.54 Å². The number of hydrogen-bond donors (Lipinski definition) is 0. The van der Waals surface area contributed by atoms with Gasteiger partial charge in [-0.25, -0.2) is 0 Å². The molecule has 0 radical (unpaired) electrons. The number of likely N-dealkylation sites (N-methyl/N-ethyl adjacent to an activating group) is 1. The first-order valence-corrected chi connectivity index (χ1v) is 6.35. The maximum Gasteiger partial charge on any atom is 0.242 e. The number of hydrogen-bond acceptors (Lipinski definition) is 2. The SMILES string of the molecule is CN(CCC#N)C(=O)Cn1ccc2cc(Cl)ccc21. The normalized spacial score (nSPS) is 10.4. The first-order chi connectivity index (χ1) is 9.11. The van der Waals surface area contributed by atoms with E-state index in [9.17, 15) is 4.79 Å². The second kappa shape index (κ2) is 5.77. The molecular weight excluding hydrogens is 262 g/mol. The molecule has 1 amide bonds. The number of halogens is 1. The molecule has 2 aromatic rings. The van der Waals surface area contributed by atoms with Crippen LogP contribution in [0.5, 0.6) is 0 Å². The Labute approximate surface area is 116 Å². The minimum Gasteiger partial charge on any atom is -0.343 e. The third kappa shape index (κ3) is 3.07. The summed E-state index contributed by atoms with van der Waals surface area (Å²) in [6, 6.07) is 9.55. The van der Waals surface area contributed by atoms with Gasteiger partial charge in [-0.15, -0.1) is 0 Å². The molecule has 19 heavy (non-hydrogen) atoms. The van der Waals surface area contributed by atoms with E-state index in [-0.39, 0.29) is 12.5 Å². The van der Waals surface area contributed by atoms with Crippen LogP contribution >= 0.6 is 11.6 Å². The van der Waals surface area contributed by atoms with Crippen molar-refractivity contribution in [3.05, 3.63) is 35.5 Å². The predicted molar refractivity (Wildman–Crippen MR) is 74.8 cm³/mol. The standard InChI is InChI=1S/C14H14ClN3O/c1-17(7-2-6-16)14(19)10-18-8-5-11-9-12(15)3-4-13(11)18/h3-5,8-9H,2,7,10H2,1H3. The summed E-state index contributed by atoms with van der Waals surface area (Å²) in [5.74, 6) is -0.0114. The van der Waals surface area contributed by atoms with E-state index in [2.05, 4.69) is 0 Å². The monoisotopic (exact) mass is 275 g/mol. The molecule has 0 N–H and O–H groups in total. The highest BCUT2D eigenvalue weighted by Gasteiger charge is 2.10. The molecule has 4 nitrogen and oxygen atoms in total. The minimum absolute atomic E-state index is 0.0114. The molecule has 1 aromatic carbocycles. The van der Waals surface area contributed by atoms with Crippen molar-refractivity contribution in [2.45, 2.75) is 13.0 Å². The third-order valence-corrected chi connectivity index (χ3v) is 3.26. The first kappa shape index (κ1) is 13.4. The number of aromatic nitrogens is 1. The molecule has 1 heterocycles. The molecule has 0 aliphatic rings. The van der Waals surface area contributed by atoms with Crippen LogP contribution in [-0.4, -0.2) is 29.0 Å². The van der Waals surface area contributed by atoms with Gasteiger partial charge in [-0.3, -0.25) is 4.79 Å². The molecule has 98 valence electrons. The Bertz CT molecular complexity index is 642. The first-order valence-electron chi connectivity index (χ1n) is 5.97. The smallest absolute Gasteiger partial charge is 0.242 e. The molecule has 0 aliphatic carbocycles. The summed E-state index contributed by atoms with van der Waals surface area (Å²) in [6.45, 7) is 0.730. The largest absolute Gasteiger partial charge is 0.343 e. The lowest BCUT2D eigenvalue weighted by Gasteiger charge is -2.16. The molecule has 0 saturated heterocycles. The molecule has 0 saturated carbocycles. The molecule has 0 unspecified atom stereocenters. The lowest BCUT2D eigenvalue weighted by molar-refractivity contribution is -0.130. The van der Waals surface area contributed by atoms with Crippen LogP contribution in [0, 0.1) is 11.3 Å².